The molecular formula is C29H37N3O5. The number of aliphatic carboxylic acids is 1. The number of rotatable bonds is 4. The number of imidazole rings is 1. The highest BCUT2D eigenvalue weighted by Gasteiger charge is 2.61. The fraction of sp³-hybridized carbons (Fsp3) is 0.586. The number of nitrogens with zero attached hydrogens (tertiary/aromatic N) is 3. The number of hydrogen-bond donors (Lipinski definition) is 1. The number of carboxylic acids is 1. The van der Waals surface area contributed by atoms with Gasteiger partial charge < -0.3 is 14.7 Å². The van der Waals surface area contributed by atoms with Crippen LogP contribution in [0.1, 0.15) is 65.2 Å². The lowest BCUT2D eigenvalue weighted by Crippen LogP contribution is -2.44. The number of hydrogen-bond acceptors (Lipinski definition) is 5. The number of aromatic nitrogens is 2. The number of Topliss-reactive ketones (excluding diaryl/α,β-unsaturated/α-hetero) is 1. The quantitative estimate of drug-likeness (QED) is 0.607. The van der Waals surface area contributed by atoms with E-state index >= 15 is 0 Å². The summed E-state index contributed by atoms with van der Waals surface area (Å²) in [5.41, 5.74) is 0.762. The number of carboxylic acid groups (broad SMARTS) is 1. The van der Waals surface area contributed by atoms with Gasteiger partial charge in [-0.15, -0.1) is 0 Å². The van der Waals surface area contributed by atoms with Gasteiger partial charge in [0.25, 0.3) is 6.01 Å². The zero-order chi connectivity index (χ0) is 26.2. The first kappa shape index (κ1) is 25.5. The molecule has 1 aromatic carbocycles. The fourth-order valence-corrected chi connectivity index (χ4v) is 6.13. The number of carbonyl (C=O) groups excluding carboxylic acids is 2. The molecule has 1 aromatic heterocycles. The van der Waals surface area contributed by atoms with Crippen molar-refractivity contribution < 1.29 is 24.2 Å². The van der Waals surface area contributed by atoms with Crippen molar-refractivity contribution in [3.05, 3.63) is 36.4 Å². The van der Waals surface area contributed by atoms with Crippen molar-refractivity contribution in [3.8, 4) is 6.01 Å². The Kier molecular flexibility index (Phi) is 7.10. The van der Waals surface area contributed by atoms with E-state index in [1.54, 1.807) is 4.90 Å². The molecule has 8 nitrogen and oxygen atoms in total. The van der Waals surface area contributed by atoms with E-state index in [2.05, 4.69) is 11.1 Å². The first-order valence-electron chi connectivity index (χ1n) is 13.7. The predicted molar refractivity (Wildman–Crippen MR) is 139 cm³/mol. The molecule has 2 fully saturated rings. The Labute approximate surface area is 217 Å². The van der Waals surface area contributed by atoms with Gasteiger partial charge in [-0.1, -0.05) is 44.1 Å². The number of benzene rings is 1. The Morgan fingerprint density at radius 3 is 2.81 bits per heavy atom. The minimum atomic E-state index is -1.05. The van der Waals surface area contributed by atoms with Crippen LogP contribution in [0.5, 0.6) is 6.01 Å². The van der Waals surface area contributed by atoms with Gasteiger partial charge in [0.1, 0.15) is 6.10 Å². The van der Waals surface area contributed by atoms with Gasteiger partial charge in [0, 0.05) is 25.3 Å². The summed E-state index contributed by atoms with van der Waals surface area (Å²) in [6.45, 7) is 4.94. The number of allylic oxidation sites excluding steroid dienone is 2. The van der Waals surface area contributed by atoms with Crippen molar-refractivity contribution in [2.75, 3.05) is 6.54 Å². The maximum Gasteiger partial charge on any atom is 0.310 e. The summed E-state index contributed by atoms with van der Waals surface area (Å²) in [7, 11) is 0. The molecule has 0 radical (unpaired) electrons. The predicted octanol–water partition coefficient (Wildman–Crippen LogP) is 4.61. The average molecular weight is 508 g/mol. The van der Waals surface area contributed by atoms with Crippen molar-refractivity contribution in [1.29, 1.82) is 0 Å². The second-order valence-electron chi connectivity index (χ2n) is 11.0. The third-order valence-corrected chi connectivity index (χ3v) is 8.47. The van der Waals surface area contributed by atoms with Gasteiger partial charge in [-0.3, -0.25) is 19.0 Å². The molecule has 1 saturated carbocycles. The first-order valence-corrected chi connectivity index (χ1v) is 13.7. The van der Waals surface area contributed by atoms with E-state index in [9.17, 15) is 19.5 Å². The molecule has 0 unspecified atom stereocenters. The molecule has 1 N–H and O–H groups in total. The number of fused-ring (bicyclic) bond motifs is 3. The molecule has 3 heterocycles. The molecule has 2 aromatic rings. The Hall–Kier alpha value is -3.16. The normalized spacial score (nSPS) is 31.8. The van der Waals surface area contributed by atoms with Crippen molar-refractivity contribution in [2.24, 2.45) is 17.3 Å². The fourth-order valence-electron chi connectivity index (χ4n) is 6.13. The Morgan fingerprint density at radius 1 is 1.22 bits per heavy atom. The van der Waals surface area contributed by atoms with E-state index in [4.69, 9.17) is 4.74 Å². The van der Waals surface area contributed by atoms with Crippen LogP contribution >= 0.6 is 0 Å². The highest BCUT2D eigenvalue weighted by molar-refractivity contribution is 5.94. The standard InChI is InChI=1S/C29H37N3O5/c1-3-31-23-14-10-9-13-22(23)30-28(31)37-21-15-24-25(33)17-29(27(35)36)16-20(29)12-8-6-4-5-7-11-19(2)26(34)32(24)18-21/h8-10,12-14,19-21,24H,3-7,11,15-18H2,1-2H3,(H,35,36)/b12-8-/t19-,20-,21+,24-,29+/m0/s1. The summed E-state index contributed by atoms with van der Waals surface area (Å²) in [6, 6.07) is 7.64. The van der Waals surface area contributed by atoms with Crippen LogP contribution in [0, 0.1) is 17.3 Å². The van der Waals surface area contributed by atoms with Crippen LogP contribution in [0.2, 0.25) is 0 Å². The summed E-state index contributed by atoms with van der Waals surface area (Å²) in [4.78, 5) is 45.7. The Balaban J connectivity index is 1.41. The van der Waals surface area contributed by atoms with Gasteiger partial charge in [-0.2, -0.15) is 4.98 Å². The zero-order valence-corrected chi connectivity index (χ0v) is 21.8. The van der Waals surface area contributed by atoms with Gasteiger partial charge in [-0.05, 0) is 50.7 Å². The summed E-state index contributed by atoms with van der Waals surface area (Å²) < 4.78 is 8.34. The van der Waals surface area contributed by atoms with Crippen LogP contribution in [-0.4, -0.2) is 55.9 Å². The van der Waals surface area contributed by atoms with Crippen LogP contribution in [0.25, 0.3) is 11.0 Å². The lowest BCUT2D eigenvalue weighted by molar-refractivity contribution is -0.147. The highest BCUT2D eigenvalue weighted by atomic mass is 16.5. The Bertz CT molecular complexity index is 1220. The zero-order valence-electron chi connectivity index (χ0n) is 21.8. The second-order valence-corrected chi connectivity index (χ2v) is 11.0. The average Bonchev–Trinajstić information content (AvgIpc) is 3.24. The van der Waals surface area contributed by atoms with Gasteiger partial charge in [0.2, 0.25) is 5.91 Å². The first-order chi connectivity index (χ1) is 17.8. The highest BCUT2D eigenvalue weighted by Crippen LogP contribution is 2.57. The van der Waals surface area contributed by atoms with Gasteiger partial charge in [-0.25, -0.2) is 0 Å². The molecule has 2 aliphatic heterocycles. The van der Waals surface area contributed by atoms with Crippen LogP contribution in [0.4, 0.5) is 0 Å². The molecule has 5 rings (SSSR count). The van der Waals surface area contributed by atoms with Gasteiger partial charge >= 0.3 is 5.97 Å². The summed E-state index contributed by atoms with van der Waals surface area (Å²) in [6.07, 6.45) is 9.11. The van der Waals surface area contributed by atoms with Crippen molar-refractivity contribution in [3.63, 3.8) is 0 Å². The minimum Gasteiger partial charge on any atom is -0.481 e. The molecule has 1 saturated heterocycles. The molecular weight excluding hydrogens is 470 g/mol. The van der Waals surface area contributed by atoms with E-state index < -0.39 is 17.4 Å². The van der Waals surface area contributed by atoms with Crippen molar-refractivity contribution in [1.82, 2.24) is 14.5 Å². The lowest BCUT2D eigenvalue weighted by atomic mass is 9.91. The third-order valence-electron chi connectivity index (χ3n) is 8.47. The number of aryl methyl sites for hydroxylation is 1. The van der Waals surface area contributed by atoms with Crippen molar-refractivity contribution >= 4 is 28.7 Å². The van der Waals surface area contributed by atoms with Gasteiger partial charge in [0.05, 0.1) is 29.0 Å². The molecule has 0 spiro atoms. The number of ketones is 1. The molecule has 1 amide bonds. The monoisotopic (exact) mass is 507 g/mol. The van der Waals surface area contributed by atoms with E-state index in [-0.39, 0.29) is 36.1 Å². The summed E-state index contributed by atoms with van der Waals surface area (Å²) >= 11 is 0. The smallest absolute Gasteiger partial charge is 0.310 e. The molecule has 1 aliphatic carbocycles. The minimum absolute atomic E-state index is 0.0434. The molecule has 3 aliphatic rings. The van der Waals surface area contributed by atoms with E-state index in [0.717, 1.165) is 43.1 Å². The number of para-hydroxylation sites is 2. The van der Waals surface area contributed by atoms with Crippen LogP contribution in [0.3, 0.4) is 0 Å². The van der Waals surface area contributed by atoms with Crippen LogP contribution in [0.15, 0.2) is 36.4 Å². The summed E-state index contributed by atoms with van der Waals surface area (Å²) in [5, 5.41) is 10.0. The van der Waals surface area contributed by atoms with E-state index in [0.29, 0.717) is 31.9 Å². The number of amides is 1. The molecule has 5 atom stereocenters. The van der Waals surface area contributed by atoms with Crippen LogP contribution in [-0.2, 0) is 20.9 Å². The number of carbonyl (C=O) groups is 3. The summed E-state index contributed by atoms with van der Waals surface area (Å²) in [5.74, 6) is -1.47. The maximum atomic E-state index is 13.6. The van der Waals surface area contributed by atoms with Gasteiger partial charge in [0.15, 0.2) is 5.78 Å². The lowest BCUT2D eigenvalue weighted by Gasteiger charge is -2.27. The molecule has 8 heteroatoms. The second kappa shape index (κ2) is 10.3. The molecule has 0 bridgehead atoms. The molecule has 198 valence electrons. The van der Waals surface area contributed by atoms with Crippen LogP contribution < -0.4 is 4.74 Å². The third kappa shape index (κ3) is 4.90. The topological polar surface area (TPSA) is 102 Å². The largest absolute Gasteiger partial charge is 0.481 e. The number of ether oxygens (including phenoxy) is 1. The van der Waals surface area contributed by atoms with E-state index in [1.165, 1.54) is 0 Å². The van der Waals surface area contributed by atoms with E-state index in [1.807, 2.05) is 48.8 Å². The molecule has 37 heavy (non-hydrogen) atoms. The van der Waals surface area contributed by atoms with Crippen molar-refractivity contribution in [2.45, 2.75) is 83.9 Å². The Morgan fingerprint density at radius 2 is 2.03 bits per heavy atom. The SMILES string of the molecule is CCn1c(O[C@@H]2C[C@H]3C(=O)C[C@]4(C(=O)O)C[C@@H]4/C=C\CCCCC[C@H](C)C(=O)N3C2)nc2ccccc21. The maximum absolute atomic E-state index is 13.6.